The van der Waals surface area contributed by atoms with Gasteiger partial charge in [0.15, 0.2) is 0 Å². The van der Waals surface area contributed by atoms with Gasteiger partial charge < -0.3 is 14.6 Å². The van der Waals surface area contributed by atoms with Crippen LogP contribution >= 0.6 is 0 Å². The molecule has 1 fully saturated rings. The van der Waals surface area contributed by atoms with Crippen LogP contribution in [0.5, 0.6) is 0 Å². The van der Waals surface area contributed by atoms with E-state index >= 15 is 0 Å². The fourth-order valence-corrected chi connectivity index (χ4v) is 2.29. The second kappa shape index (κ2) is 4.65. The third-order valence-corrected chi connectivity index (χ3v) is 3.10. The van der Waals surface area contributed by atoms with Crippen LogP contribution in [0.15, 0.2) is 24.2 Å². The monoisotopic (exact) mass is 202 g/mol. The smallest absolute Gasteiger partial charge is 0.846 e. The van der Waals surface area contributed by atoms with Crippen molar-refractivity contribution >= 4 is 0 Å². The first kappa shape index (κ1) is 12.7. The molecule has 0 bridgehead atoms. The summed E-state index contributed by atoms with van der Waals surface area (Å²) in [7, 11) is 1.59. The predicted molar refractivity (Wildman–Crippen MR) is 50.3 cm³/mol. The van der Waals surface area contributed by atoms with Crippen LogP contribution in [0.2, 0.25) is 0 Å². The largest absolute Gasteiger partial charge is 1.00 e. The molecule has 0 spiro atoms. The minimum absolute atomic E-state index is 0. The molecule has 1 aliphatic heterocycles. The van der Waals surface area contributed by atoms with Crippen LogP contribution in [0.3, 0.4) is 0 Å². The summed E-state index contributed by atoms with van der Waals surface area (Å²) in [5.74, 6) is 1.42. The normalized spacial score (nSPS) is 33.9. The van der Waals surface area contributed by atoms with Gasteiger partial charge in [-0.2, -0.15) is 0 Å². The fourth-order valence-electron chi connectivity index (χ4n) is 2.29. The van der Waals surface area contributed by atoms with Crippen molar-refractivity contribution in [1.29, 1.82) is 0 Å². The summed E-state index contributed by atoms with van der Waals surface area (Å²) in [5, 5.41) is 12.3. The van der Waals surface area contributed by atoms with Crippen LogP contribution in [0, 0.1) is 5.92 Å². The molecule has 2 atom stereocenters. The van der Waals surface area contributed by atoms with E-state index in [1.165, 1.54) is 6.08 Å². The van der Waals surface area contributed by atoms with E-state index < -0.39 is 5.60 Å². The average Bonchev–Trinajstić information content (AvgIpc) is 2.54. The molecule has 2 aliphatic rings. The van der Waals surface area contributed by atoms with Gasteiger partial charge in [0.25, 0.3) is 0 Å². The molecule has 1 saturated heterocycles. The first-order valence-electron chi connectivity index (χ1n) is 4.95. The van der Waals surface area contributed by atoms with E-state index in [4.69, 9.17) is 9.47 Å². The number of methoxy groups -OCH3 is 1. The Kier molecular flexibility index (Phi) is 3.94. The van der Waals surface area contributed by atoms with Gasteiger partial charge in [-0.1, -0.05) is 5.60 Å². The molecule has 78 valence electrons. The molecular formula is C11H15LiO3. The maximum absolute atomic E-state index is 12.3. The van der Waals surface area contributed by atoms with Crippen LogP contribution in [0.25, 0.3) is 0 Å². The molecular weight excluding hydrogens is 187 g/mol. The molecule has 0 saturated carbocycles. The van der Waals surface area contributed by atoms with E-state index in [1.807, 2.05) is 0 Å². The van der Waals surface area contributed by atoms with Crippen molar-refractivity contribution in [2.24, 2.45) is 5.92 Å². The zero-order valence-electron chi connectivity index (χ0n) is 9.41. The molecule has 0 radical (unpaired) electrons. The first-order valence-corrected chi connectivity index (χ1v) is 4.95. The van der Waals surface area contributed by atoms with Gasteiger partial charge in [-0.3, -0.25) is 0 Å². The molecule has 3 nitrogen and oxygen atoms in total. The summed E-state index contributed by atoms with van der Waals surface area (Å²) < 4.78 is 10.7. The van der Waals surface area contributed by atoms with E-state index in [0.717, 1.165) is 18.6 Å². The SMILES string of the molecule is C=C[C@@]1([O-])CC(OC)=C2OCCC[C@H]21.[Li+]. The predicted octanol–water partition coefficient (Wildman–Crippen LogP) is -2.04. The standard InChI is InChI=1S/C11H15O3.Li/c1-3-11(12)7-9(13-2)10-8(11)5-4-6-14-10;/h3,8H,1,4-7H2,2H3;/q-1;+1/t8-,11-;/m1./s1. The molecule has 15 heavy (non-hydrogen) atoms. The number of ether oxygens (including phenoxy) is 2. The van der Waals surface area contributed by atoms with Gasteiger partial charge in [0.2, 0.25) is 0 Å². The van der Waals surface area contributed by atoms with E-state index in [-0.39, 0.29) is 24.8 Å². The molecule has 0 unspecified atom stereocenters. The fraction of sp³-hybridized carbons (Fsp3) is 0.636. The summed E-state index contributed by atoms with van der Waals surface area (Å²) in [6, 6.07) is 0. The van der Waals surface area contributed by atoms with E-state index in [0.29, 0.717) is 18.8 Å². The Balaban J connectivity index is 0.00000112. The number of hydrogen-bond acceptors (Lipinski definition) is 3. The molecule has 0 N–H and O–H groups in total. The summed E-state index contributed by atoms with van der Waals surface area (Å²) in [6.07, 6.45) is 3.71. The Morgan fingerprint density at radius 2 is 2.40 bits per heavy atom. The maximum atomic E-state index is 12.3. The molecule has 2 rings (SSSR count). The molecule has 1 aliphatic carbocycles. The topological polar surface area (TPSA) is 41.5 Å². The summed E-state index contributed by atoms with van der Waals surface area (Å²) in [6.45, 7) is 4.32. The Morgan fingerprint density at radius 3 is 3.00 bits per heavy atom. The van der Waals surface area contributed by atoms with Gasteiger partial charge in [-0.05, 0) is 12.8 Å². The number of hydrogen-bond donors (Lipinski definition) is 0. The zero-order valence-corrected chi connectivity index (χ0v) is 9.41. The average molecular weight is 202 g/mol. The summed E-state index contributed by atoms with van der Waals surface area (Å²) in [5.41, 5.74) is -1.11. The van der Waals surface area contributed by atoms with E-state index in [9.17, 15) is 5.11 Å². The van der Waals surface area contributed by atoms with Gasteiger partial charge in [0.1, 0.15) is 11.5 Å². The van der Waals surface area contributed by atoms with Gasteiger partial charge >= 0.3 is 18.9 Å². The minimum atomic E-state index is -1.11. The van der Waals surface area contributed by atoms with E-state index in [2.05, 4.69) is 6.58 Å². The van der Waals surface area contributed by atoms with Gasteiger partial charge in [-0.25, -0.2) is 0 Å². The third-order valence-electron chi connectivity index (χ3n) is 3.10. The molecule has 1 heterocycles. The van der Waals surface area contributed by atoms with Crippen LogP contribution in [-0.2, 0) is 9.47 Å². The van der Waals surface area contributed by atoms with Crippen molar-refractivity contribution < 1.29 is 33.4 Å². The molecule has 0 aromatic carbocycles. The summed E-state index contributed by atoms with van der Waals surface area (Å²) >= 11 is 0. The van der Waals surface area contributed by atoms with Gasteiger partial charge in [0, 0.05) is 12.3 Å². The number of fused-ring (bicyclic) bond motifs is 1. The van der Waals surface area contributed by atoms with Crippen molar-refractivity contribution in [3.8, 4) is 0 Å². The molecule has 0 aromatic heterocycles. The Morgan fingerprint density at radius 1 is 1.67 bits per heavy atom. The Hall–Kier alpha value is -0.363. The van der Waals surface area contributed by atoms with Gasteiger partial charge in [-0.15, -0.1) is 12.7 Å². The Labute approximate surface area is 102 Å². The third kappa shape index (κ3) is 1.97. The quantitative estimate of drug-likeness (QED) is 0.383. The molecule has 0 aromatic rings. The van der Waals surface area contributed by atoms with Crippen molar-refractivity contribution in [2.75, 3.05) is 13.7 Å². The molecule has 0 amide bonds. The Bertz CT molecular complexity index is 288. The van der Waals surface area contributed by atoms with Crippen LogP contribution in [-0.4, -0.2) is 19.3 Å². The maximum Gasteiger partial charge on any atom is 1.00 e. The second-order valence-corrected chi connectivity index (χ2v) is 3.87. The van der Waals surface area contributed by atoms with Crippen molar-refractivity contribution in [3.05, 3.63) is 24.2 Å². The minimum Gasteiger partial charge on any atom is -0.846 e. The second-order valence-electron chi connectivity index (χ2n) is 3.87. The first-order chi connectivity index (χ1) is 6.71. The van der Waals surface area contributed by atoms with E-state index in [1.54, 1.807) is 7.11 Å². The van der Waals surface area contributed by atoms with Crippen molar-refractivity contribution in [3.63, 3.8) is 0 Å². The van der Waals surface area contributed by atoms with Crippen molar-refractivity contribution in [1.82, 2.24) is 0 Å². The van der Waals surface area contributed by atoms with Crippen molar-refractivity contribution in [2.45, 2.75) is 24.9 Å². The number of rotatable bonds is 2. The van der Waals surface area contributed by atoms with Crippen LogP contribution in [0.4, 0.5) is 0 Å². The van der Waals surface area contributed by atoms with Crippen LogP contribution < -0.4 is 24.0 Å². The molecule has 4 heteroatoms. The van der Waals surface area contributed by atoms with Crippen LogP contribution in [0.1, 0.15) is 19.3 Å². The van der Waals surface area contributed by atoms with Gasteiger partial charge in [0.05, 0.1) is 13.7 Å². The summed E-state index contributed by atoms with van der Waals surface area (Å²) in [4.78, 5) is 0. The zero-order chi connectivity index (χ0) is 10.2.